The summed E-state index contributed by atoms with van der Waals surface area (Å²) < 4.78 is 28.0. The summed E-state index contributed by atoms with van der Waals surface area (Å²) in [5, 5.41) is 11.8. The van der Waals surface area contributed by atoms with E-state index in [1.807, 2.05) is 6.92 Å². The molecule has 7 heteroatoms. The maximum atomic E-state index is 11.9. The van der Waals surface area contributed by atoms with Gasteiger partial charge in [-0.2, -0.15) is 8.78 Å². The Labute approximate surface area is 109 Å². The molecule has 0 aliphatic rings. The molecule has 5 nitrogen and oxygen atoms in total. The molecule has 0 radical (unpaired) electrons. The number of anilines is 1. The molecule has 0 aliphatic carbocycles. The summed E-state index contributed by atoms with van der Waals surface area (Å²) in [6, 6.07) is 1.97. The maximum Gasteiger partial charge on any atom is 0.387 e. The van der Waals surface area contributed by atoms with E-state index in [9.17, 15) is 13.6 Å². The number of unbranched alkanes of at least 4 members (excludes halogenated alkanes) is 1. The highest BCUT2D eigenvalue weighted by Crippen LogP contribution is 2.16. The average Bonchev–Trinajstić information content (AvgIpc) is 2.35. The minimum atomic E-state index is -2.91. The van der Waals surface area contributed by atoms with E-state index in [0.717, 1.165) is 19.0 Å². The molecule has 1 rings (SSSR count). The van der Waals surface area contributed by atoms with Crippen LogP contribution in [-0.4, -0.2) is 28.7 Å². The van der Waals surface area contributed by atoms with Crippen LogP contribution in [0.15, 0.2) is 18.3 Å². The standard InChI is InChI=1S/C12H16F2N2O3/c1-2-3-4-9(11(17)18)16-10-6-5-8(7-15-10)19-12(13)14/h5-7,9,12H,2-4H2,1H3,(H,15,16)(H,17,18). The molecule has 0 bridgehead atoms. The maximum absolute atomic E-state index is 11.9. The lowest BCUT2D eigenvalue weighted by Crippen LogP contribution is -2.29. The van der Waals surface area contributed by atoms with Crippen molar-refractivity contribution in [2.45, 2.75) is 38.8 Å². The number of ether oxygens (including phenoxy) is 1. The Morgan fingerprint density at radius 2 is 2.26 bits per heavy atom. The Balaban J connectivity index is 2.61. The molecule has 1 aromatic heterocycles. The fourth-order valence-electron chi connectivity index (χ4n) is 1.48. The van der Waals surface area contributed by atoms with Crippen molar-refractivity contribution in [1.82, 2.24) is 4.98 Å². The number of alkyl halides is 2. The molecule has 0 aromatic carbocycles. The number of aromatic nitrogens is 1. The van der Waals surface area contributed by atoms with E-state index in [4.69, 9.17) is 5.11 Å². The first kappa shape index (κ1) is 15.1. The first-order valence-corrected chi connectivity index (χ1v) is 5.93. The van der Waals surface area contributed by atoms with E-state index >= 15 is 0 Å². The van der Waals surface area contributed by atoms with Crippen LogP contribution >= 0.6 is 0 Å². The van der Waals surface area contributed by atoms with Gasteiger partial charge in [-0.1, -0.05) is 19.8 Å². The number of aliphatic carboxylic acids is 1. The molecule has 0 spiro atoms. The van der Waals surface area contributed by atoms with Crippen LogP contribution in [0.2, 0.25) is 0 Å². The lowest BCUT2D eigenvalue weighted by atomic mass is 10.1. The topological polar surface area (TPSA) is 71.5 Å². The molecule has 0 saturated heterocycles. The fourth-order valence-corrected chi connectivity index (χ4v) is 1.48. The van der Waals surface area contributed by atoms with Gasteiger partial charge in [-0.3, -0.25) is 0 Å². The number of hydrogen-bond acceptors (Lipinski definition) is 4. The monoisotopic (exact) mass is 274 g/mol. The molecule has 1 aromatic rings. The Bertz CT molecular complexity index is 398. The summed E-state index contributed by atoms with van der Waals surface area (Å²) in [5.41, 5.74) is 0. The molecule has 0 fully saturated rings. The van der Waals surface area contributed by atoms with Crippen LogP contribution in [0, 0.1) is 0 Å². The normalized spacial score (nSPS) is 12.2. The lowest BCUT2D eigenvalue weighted by molar-refractivity contribution is -0.138. The number of rotatable bonds is 8. The molecule has 0 saturated carbocycles. The zero-order chi connectivity index (χ0) is 14.3. The van der Waals surface area contributed by atoms with Gasteiger partial charge >= 0.3 is 12.6 Å². The van der Waals surface area contributed by atoms with Crippen molar-refractivity contribution >= 4 is 11.8 Å². The van der Waals surface area contributed by atoms with Crippen LogP contribution in [0.25, 0.3) is 0 Å². The van der Waals surface area contributed by atoms with Gasteiger partial charge in [-0.15, -0.1) is 0 Å². The van der Waals surface area contributed by atoms with Crippen molar-refractivity contribution in [2.24, 2.45) is 0 Å². The highest BCUT2D eigenvalue weighted by molar-refractivity contribution is 5.76. The fraction of sp³-hybridized carbons (Fsp3) is 0.500. The molecule has 1 unspecified atom stereocenters. The van der Waals surface area contributed by atoms with Gasteiger partial charge in [-0.25, -0.2) is 9.78 Å². The Kier molecular flexibility index (Phi) is 5.98. The van der Waals surface area contributed by atoms with Gasteiger partial charge in [0.25, 0.3) is 0 Å². The predicted octanol–water partition coefficient (Wildman–Crippen LogP) is 2.74. The van der Waals surface area contributed by atoms with Crippen LogP contribution in [0.5, 0.6) is 5.75 Å². The van der Waals surface area contributed by atoms with Crippen LogP contribution in [-0.2, 0) is 4.79 Å². The largest absolute Gasteiger partial charge is 0.480 e. The molecule has 19 heavy (non-hydrogen) atoms. The zero-order valence-corrected chi connectivity index (χ0v) is 10.5. The number of hydrogen-bond donors (Lipinski definition) is 2. The number of nitrogens with one attached hydrogen (secondary N) is 1. The number of carbonyl (C=O) groups is 1. The van der Waals surface area contributed by atoms with Crippen molar-refractivity contribution in [2.75, 3.05) is 5.32 Å². The number of carboxylic acids is 1. The second-order valence-corrected chi connectivity index (χ2v) is 3.94. The SMILES string of the molecule is CCCCC(Nc1ccc(OC(F)F)cn1)C(=O)O. The van der Waals surface area contributed by atoms with Crippen molar-refractivity contribution in [3.63, 3.8) is 0 Å². The van der Waals surface area contributed by atoms with E-state index in [0.29, 0.717) is 12.2 Å². The minimum absolute atomic E-state index is 0.0685. The van der Waals surface area contributed by atoms with Crippen molar-refractivity contribution in [3.05, 3.63) is 18.3 Å². The van der Waals surface area contributed by atoms with Crippen LogP contribution in [0.1, 0.15) is 26.2 Å². The van der Waals surface area contributed by atoms with Crippen molar-refractivity contribution < 1.29 is 23.4 Å². The summed E-state index contributed by atoms with van der Waals surface area (Å²) in [7, 11) is 0. The zero-order valence-electron chi connectivity index (χ0n) is 10.5. The molecule has 1 heterocycles. The van der Waals surface area contributed by atoms with Gasteiger partial charge in [0.05, 0.1) is 6.20 Å². The van der Waals surface area contributed by atoms with Gasteiger partial charge in [0.2, 0.25) is 0 Å². The molecule has 1 atom stereocenters. The highest BCUT2D eigenvalue weighted by Gasteiger charge is 2.16. The van der Waals surface area contributed by atoms with Gasteiger partial charge in [0.1, 0.15) is 17.6 Å². The third-order valence-electron chi connectivity index (χ3n) is 2.43. The van der Waals surface area contributed by atoms with E-state index in [1.165, 1.54) is 12.1 Å². The first-order chi connectivity index (χ1) is 9.02. The lowest BCUT2D eigenvalue weighted by Gasteiger charge is -2.14. The number of halogens is 2. The Morgan fingerprint density at radius 3 is 2.74 bits per heavy atom. The van der Waals surface area contributed by atoms with E-state index < -0.39 is 18.6 Å². The van der Waals surface area contributed by atoms with E-state index in [2.05, 4.69) is 15.0 Å². The second kappa shape index (κ2) is 7.50. The predicted molar refractivity (Wildman–Crippen MR) is 65.4 cm³/mol. The third-order valence-corrected chi connectivity index (χ3v) is 2.43. The second-order valence-electron chi connectivity index (χ2n) is 3.94. The Morgan fingerprint density at radius 1 is 1.53 bits per heavy atom. The Hall–Kier alpha value is -1.92. The van der Waals surface area contributed by atoms with Crippen molar-refractivity contribution in [1.29, 1.82) is 0 Å². The molecule has 0 aliphatic heterocycles. The average molecular weight is 274 g/mol. The molecule has 106 valence electrons. The first-order valence-electron chi connectivity index (χ1n) is 5.93. The summed E-state index contributed by atoms with van der Waals surface area (Å²) >= 11 is 0. The molecular weight excluding hydrogens is 258 g/mol. The summed E-state index contributed by atoms with van der Waals surface area (Å²) in [5.74, 6) is -0.728. The van der Waals surface area contributed by atoms with Crippen molar-refractivity contribution in [3.8, 4) is 5.75 Å². The van der Waals surface area contributed by atoms with Crippen LogP contribution in [0.4, 0.5) is 14.6 Å². The highest BCUT2D eigenvalue weighted by atomic mass is 19.3. The molecule has 0 amide bonds. The number of pyridine rings is 1. The summed E-state index contributed by atoms with van der Waals surface area (Å²) in [6.07, 6.45) is 3.26. The summed E-state index contributed by atoms with van der Waals surface area (Å²) in [4.78, 5) is 14.8. The summed E-state index contributed by atoms with van der Waals surface area (Å²) in [6.45, 7) is -0.940. The smallest absolute Gasteiger partial charge is 0.387 e. The van der Waals surface area contributed by atoms with E-state index in [1.54, 1.807) is 0 Å². The van der Waals surface area contributed by atoms with Gasteiger partial charge < -0.3 is 15.2 Å². The van der Waals surface area contributed by atoms with Gasteiger partial charge in [-0.05, 0) is 18.6 Å². The van der Waals surface area contributed by atoms with E-state index in [-0.39, 0.29) is 5.75 Å². The van der Waals surface area contributed by atoms with Gasteiger partial charge in [0, 0.05) is 0 Å². The third kappa shape index (κ3) is 5.50. The van der Waals surface area contributed by atoms with Crippen LogP contribution in [0.3, 0.4) is 0 Å². The molecular formula is C12H16F2N2O3. The molecule has 2 N–H and O–H groups in total. The van der Waals surface area contributed by atoms with Gasteiger partial charge in [0.15, 0.2) is 0 Å². The minimum Gasteiger partial charge on any atom is -0.480 e. The number of nitrogens with zero attached hydrogens (tertiary/aromatic N) is 1. The number of carboxylic acid groups (broad SMARTS) is 1. The quantitative estimate of drug-likeness (QED) is 0.762. The van der Waals surface area contributed by atoms with Crippen LogP contribution < -0.4 is 10.1 Å².